The molecule has 5 rings (SSSR count). The Labute approximate surface area is 297 Å². The van der Waals surface area contributed by atoms with E-state index in [1.807, 2.05) is 37.3 Å². The average molecular weight is 727 g/mol. The van der Waals surface area contributed by atoms with Gasteiger partial charge in [0.1, 0.15) is 12.6 Å². The standard InChI is InChI=1S/C37H38Cl3N3O4S/c1-26-12-20-33(21-13-26)48(46,47)43(32-18-16-29(38)17-19-32)25-36(44)42(24-28-14-15-30(39)23-34(28)40)35(22-27-8-4-2-5-9-27)37(45)41-31-10-6-3-7-11-31/h2,4-5,8-9,12-21,23,31,35H,3,6-7,10-11,22,24-25H2,1H3,(H,41,45)/t35-/m1/s1. The number of amides is 2. The topological polar surface area (TPSA) is 86.8 Å². The van der Waals surface area contributed by atoms with Crippen molar-refractivity contribution in [3.05, 3.63) is 129 Å². The van der Waals surface area contributed by atoms with Crippen LogP contribution in [0.3, 0.4) is 0 Å². The fourth-order valence-corrected chi connectivity index (χ4v) is 7.91. The van der Waals surface area contributed by atoms with Gasteiger partial charge in [0.2, 0.25) is 11.8 Å². The SMILES string of the molecule is Cc1ccc(S(=O)(=O)N(CC(=O)N(Cc2ccc(Cl)cc2Cl)[C@H](Cc2ccccc2)C(=O)NC2CCCCC2)c2ccc(Cl)cc2)cc1. The van der Waals surface area contributed by atoms with Gasteiger partial charge in [0, 0.05) is 34.1 Å². The highest BCUT2D eigenvalue weighted by molar-refractivity contribution is 7.92. The molecule has 0 radical (unpaired) electrons. The zero-order valence-corrected chi connectivity index (χ0v) is 29.7. The number of carbonyl (C=O) groups excluding carboxylic acids is 2. The van der Waals surface area contributed by atoms with Gasteiger partial charge in [0.25, 0.3) is 10.0 Å². The Hall–Kier alpha value is -3.56. The number of aryl methyl sites for hydroxylation is 1. The van der Waals surface area contributed by atoms with Gasteiger partial charge in [-0.05, 0) is 79.4 Å². The van der Waals surface area contributed by atoms with Gasteiger partial charge < -0.3 is 10.2 Å². The summed E-state index contributed by atoms with van der Waals surface area (Å²) in [5, 5.41) is 4.37. The summed E-state index contributed by atoms with van der Waals surface area (Å²) in [4.78, 5) is 30.4. The lowest BCUT2D eigenvalue weighted by Gasteiger charge is -2.35. The summed E-state index contributed by atoms with van der Waals surface area (Å²) in [6, 6.07) is 26.1. The molecule has 4 aromatic rings. The van der Waals surface area contributed by atoms with Crippen LogP contribution in [-0.2, 0) is 32.6 Å². The van der Waals surface area contributed by atoms with E-state index < -0.39 is 28.5 Å². The molecule has 4 aromatic carbocycles. The molecule has 0 aliphatic heterocycles. The van der Waals surface area contributed by atoms with Crippen LogP contribution in [0.4, 0.5) is 5.69 Å². The zero-order chi connectivity index (χ0) is 34.3. The molecule has 11 heteroatoms. The molecule has 0 aromatic heterocycles. The molecular formula is C37H38Cl3N3O4S. The molecule has 1 atom stereocenters. The Bertz CT molecular complexity index is 1820. The maximum atomic E-state index is 14.7. The normalized spacial score (nSPS) is 14.2. The van der Waals surface area contributed by atoms with Crippen LogP contribution < -0.4 is 9.62 Å². The van der Waals surface area contributed by atoms with Crippen LogP contribution in [0, 0.1) is 6.92 Å². The Balaban J connectivity index is 1.57. The van der Waals surface area contributed by atoms with E-state index in [0.717, 1.165) is 47.5 Å². The molecule has 1 saturated carbocycles. The van der Waals surface area contributed by atoms with Gasteiger partial charge in [0.05, 0.1) is 10.6 Å². The summed E-state index contributed by atoms with van der Waals surface area (Å²) in [6.45, 7) is 1.23. The van der Waals surface area contributed by atoms with E-state index in [2.05, 4.69) is 5.32 Å². The number of hydrogen-bond donors (Lipinski definition) is 1. The Kier molecular flexibility index (Phi) is 12.1. The molecule has 1 aliphatic rings. The minimum absolute atomic E-state index is 0.00641. The molecule has 0 unspecified atom stereocenters. The lowest BCUT2D eigenvalue weighted by Crippen LogP contribution is -2.55. The molecule has 1 fully saturated rings. The lowest BCUT2D eigenvalue weighted by molar-refractivity contribution is -0.140. The highest BCUT2D eigenvalue weighted by Gasteiger charge is 2.35. The highest BCUT2D eigenvalue weighted by Crippen LogP contribution is 2.28. The van der Waals surface area contributed by atoms with Crippen molar-refractivity contribution in [2.45, 2.75) is 69.0 Å². The van der Waals surface area contributed by atoms with Crippen LogP contribution in [0.5, 0.6) is 0 Å². The van der Waals surface area contributed by atoms with Gasteiger partial charge >= 0.3 is 0 Å². The molecular weight excluding hydrogens is 689 g/mol. The van der Waals surface area contributed by atoms with Crippen LogP contribution in [0.1, 0.15) is 48.8 Å². The van der Waals surface area contributed by atoms with Gasteiger partial charge in [-0.25, -0.2) is 8.42 Å². The van der Waals surface area contributed by atoms with E-state index in [-0.39, 0.29) is 35.5 Å². The third kappa shape index (κ3) is 9.11. The molecule has 2 amide bonds. The number of hydrogen-bond acceptors (Lipinski definition) is 4. The third-order valence-electron chi connectivity index (χ3n) is 8.58. The summed E-state index contributed by atoms with van der Waals surface area (Å²) < 4.78 is 29.5. The number of rotatable bonds is 12. The average Bonchev–Trinajstić information content (AvgIpc) is 3.07. The number of carbonyl (C=O) groups is 2. The molecule has 0 heterocycles. The van der Waals surface area contributed by atoms with Gasteiger partial charge in [0.15, 0.2) is 0 Å². The van der Waals surface area contributed by atoms with Crippen LogP contribution in [-0.4, -0.2) is 43.8 Å². The van der Waals surface area contributed by atoms with Crippen molar-refractivity contribution in [3.8, 4) is 0 Å². The van der Waals surface area contributed by atoms with Gasteiger partial charge in [-0.15, -0.1) is 0 Å². The molecule has 0 bridgehead atoms. The van der Waals surface area contributed by atoms with Crippen LogP contribution >= 0.6 is 34.8 Å². The van der Waals surface area contributed by atoms with E-state index in [1.54, 1.807) is 54.6 Å². The second kappa shape index (κ2) is 16.2. The van der Waals surface area contributed by atoms with E-state index in [4.69, 9.17) is 34.8 Å². The molecule has 0 spiro atoms. The summed E-state index contributed by atoms with van der Waals surface area (Å²) in [5.41, 5.74) is 2.56. The first kappa shape index (κ1) is 35.7. The first-order valence-electron chi connectivity index (χ1n) is 15.9. The molecule has 7 nitrogen and oxygen atoms in total. The Morgan fingerprint density at radius 2 is 1.48 bits per heavy atom. The first-order chi connectivity index (χ1) is 23.0. The van der Waals surface area contributed by atoms with E-state index in [9.17, 15) is 18.0 Å². The number of sulfonamides is 1. The molecule has 1 aliphatic carbocycles. The smallest absolute Gasteiger partial charge is 0.264 e. The molecule has 0 saturated heterocycles. The van der Waals surface area contributed by atoms with Crippen LogP contribution in [0.25, 0.3) is 0 Å². The van der Waals surface area contributed by atoms with Crippen molar-refractivity contribution in [1.29, 1.82) is 0 Å². The second-order valence-corrected chi connectivity index (χ2v) is 15.2. The third-order valence-corrected chi connectivity index (χ3v) is 11.2. The Morgan fingerprint density at radius 1 is 0.833 bits per heavy atom. The van der Waals surface area contributed by atoms with Crippen molar-refractivity contribution in [3.63, 3.8) is 0 Å². The predicted molar refractivity (Wildman–Crippen MR) is 193 cm³/mol. The number of nitrogens with one attached hydrogen (secondary N) is 1. The fraction of sp³-hybridized carbons (Fsp3) is 0.297. The van der Waals surface area contributed by atoms with Crippen molar-refractivity contribution in [2.75, 3.05) is 10.8 Å². The number of anilines is 1. The van der Waals surface area contributed by atoms with Crippen molar-refractivity contribution >= 4 is 62.3 Å². The number of nitrogens with zero attached hydrogens (tertiary/aromatic N) is 2. The highest BCUT2D eigenvalue weighted by atomic mass is 35.5. The van der Waals surface area contributed by atoms with E-state index >= 15 is 0 Å². The van der Waals surface area contributed by atoms with Crippen LogP contribution in [0.2, 0.25) is 15.1 Å². The first-order valence-corrected chi connectivity index (χ1v) is 18.5. The molecule has 48 heavy (non-hydrogen) atoms. The second-order valence-electron chi connectivity index (χ2n) is 12.1. The van der Waals surface area contributed by atoms with Gasteiger partial charge in [-0.3, -0.25) is 13.9 Å². The van der Waals surface area contributed by atoms with E-state index in [1.165, 1.54) is 17.0 Å². The number of halogens is 3. The van der Waals surface area contributed by atoms with Crippen molar-refractivity contribution in [1.82, 2.24) is 10.2 Å². The zero-order valence-electron chi connectivity index (χ0n) is 26.6. The summed E-state index contributed by atoms with van der Waals surface area (Å²) in [5.74, 6) is -0.880. The fourth-order valence-electron chi connectivity index (χ4n) is 5.91. The monoisotopic (exact) mass is 725 g/mol. The van der Waals surface area contributed by atoms with Crippen molar-refractivity contribution < 1.29 is 18.0 Å². The summed E-state index contributed by atoms with van der Waals surface area (Å²) in [7, 11) is -4.23. The van der Waals surface area contributed by atoms with Gasteiger partial charge in [-0.2, -0.15) is 0 Å². The minimum atomic E-state index is -4.23. The maximum absolute atomic E-state index is 14.7. The quantitative estimate of drug-likeness (QED) is 0.159. The molecule has 252 valence electrons. The van der Waals surface area contributed by atoms with E-state index in [0.29, 0.717) is 20.6 Å². The minimum Gasteiger partial charge on any atom is -0.352 e. The number of benzene rings is 4. The Morgan fingerprint density at radius 3 is 2.12 bits per heavy atom. The largest absolute Gasteiger partial charge is 0.352 e. The summed E-state index contributed by atoms with van der Waals surface area (Å²) >= 11 is 19.0. The predicted octanol–water partition coefficient (Wildman–Crippen LogP) is 8.24. The maximum Gasteiger partial charge on any atom is 0.264 e. The van der Waals surface area contributed by atoms with Crippen molar-refractivity contribution in [2.24, 2.45) is 0 Å². The lowest BCUT2D eigenvalue weighted by atomic mass is 9.94. The molecule has 1 N–H and O–H groups in total. The van der Waals surface area contributed by atoms with Gasteiger partial charge in [-0.1, -0.05) is 108 Å². The summed E-state index contributed by atoms with van der Waals surface area (Å²) in [6.07, 6.45) is 5.09. The van der Waals surface area contributed by atoms with Crippen LogP contribution in [0.15, 0.2) is 102 Å².